The van der Waals surface area contributed by atoms with E-state index in [1.54, 1.807) is 0 Å². The zero-order valence-corrected chi connectivity index (χ0v) is 12.2. The fourth-order valence-electron chi connectivity index (χ4n) is 2.55. The summed E-state index contributed by atoms with van der Waals surface area (Å²) in [6, 6.07) is 6.71. The summed E-state index contributed by atoms with van der Waals surface area (Å²) in [5.41, 5.74) is 2.41. The first-order valence-electron chi connectivity index (χ1n) is 7.26. The monoisotopic (exact) mass is 293 g/mol. The van der Waals surface area contributed by atoms with E-state index < -0.39 is 0 Å². The van der Waals surface area contributed by atoms with Crippen molar-refractivity contribution in [3.8, 4) is 0 Å². The third-order valence-corrected chi connectivity index (χ3v) is 4.09. The van der Waals surface area contributed by atoms with E-state index >= 15 is 0 Å². The van der Waals surface area contributed by atoms with Crippen LogP contribution >= 0.6 is 11.6 Å². The largest absolute Gasteiger partial charge is 0.369 e. The molecule has 1 aliphatic heterocycles. The smallest absolute Gasteiger partial charge is 0.221 e. The number of carbonyl (C=O) groups excluding carboxylic acids is 1. The van der Waals surface area contributed by atoms with E-state index in [1.165, 1.54) is 24.1 Å². The van der Waals surface area contributed by atoms with Crippen molar-refractivity contribution in [3.05, 3.63) is 28.8 Å². The first-order valence-corrected chi connectivity index (χ1v) is 7.63. The number of benzene rings is 1. The number of hydrogen-bond acceptors (Lipinski definition) is 3. The second-order valence-corrected chi connectivity index (χ2v) is 5.95. The molecule has 0 atom stereocenters. The summed E-state index contributed by atoms with van der Waals surface area (Å²) >= 11 is 6.13. The zero-order valence-electron chi connectivity index (χ0n) is 11.5. The van der Waals surface area contributed by atoms with Gasteiger partial charge in [-0.05, 0) is 36.6 Å². The Morgan fingerprint density at radius 1 is 1.35 bits per heavy atom. The lowest BCUT2D eigenvalue weighted by Gasteiger charge is -2.25. The Labute approximate surface area is 124 Å². The topological polar surface area (TPSA) is 44.4 Å². The lowest BCUT2D eigenvalue weighted by molar-refractivity contribution is -0.120. The first-order chi connectivity index (χ1) is 9.72. The van der Waals surface area contributed by atoms with Crippen molar-refractivity contribution in [1.29, 1.82) is 0 Å². The highest BCUT2D eigenvalue weighted by Gasteiger charge is 2.22. The minimum Gasteiger partial charge on any atom is -0.369 e. The van der Waals surface area contributed by atoms with E-state index in [2.05, 4.69) is 21.6 Å². The maximum Gasteiger partial charge on any atom is 0.221 e. The quantitative estimate of drug-likeness (QED) is 0.891. The van der Waals surface area contributed by atoms with Crippen LogP contribution in [0.1, 0.15) is 24.8 Å². The normalized spacial score (nSPS) is 19.6. The second-order valence-electron chi connectivity index (χ2n) is 5.52. The van der Waals surface area contributed by atoms with Crippen LogP contribution < -0.4 is 15.5 Å². The number of nitrogens with one attached hydrogen (secondary N) is 2. The number of amides is 1. The molecule has 0 aromatic heterocycles. The number of halogens is 1. The molecule has 0 unspecified atom stereocenters. The summed E-state index contributed by atoms with van der Waals surface area (Å²) < 4.78 is 0. The number of carbonyl (C=O) groups is 1. The van der Waals surface area contributed by atoms with Gasteiger partial charge >= 0.3 is 0 Å². The molecule has 1 heterocycles. The van der Waals surface area contributed by atoms with Gasteiger partial charge in [0.2, 0.25) is 5.91 Å². The molecular formula is C15H20ClN3O. The van der Waals surface area contributed by atoms with Crippen LogP contribution in [-0.2, 0) is 11.3 Å². The highest BCUT2D eigenvalue weighted by atomic mass is 35.5. The molecule has 2 aliphatic rings. The number of rotatable bonds is 4. The number of hydrogen-bond donors (Lipinski definition) is 2. The van der Waals surface area contributed by atoms with Crippen LogP contribution in [0, 0.1) is 0 Å². The number of nitrogens with zero attached hydrogens (tertiary/aromatic N) is 1. The maximum absolute atomic E-state index is 11.5. The summed E-state index contributed by atoms with van der Waals surface area (Å²) in [4.78, 5) is 13.7. The fraction of sp³-hybridized carbons (Fsp3) is 0.533. The average molecular weight is 294 g/mol. The van der Waals surface area contributed by atoms with E-state index in [-0.39, 0.29) is 5.91 Å². The minimum absolute atomic E-state index is 0.138. The molecule has 0 spiro atoms. The highest BCUT2D eigenvalue weighted by molar-refractivity contribution is 6.30. The van der Waals surface area contributed by atoms with Crippen LogP contribution in [0.5, 0.6) is 0 Å². The molecule has 2 fully saturated rings. The van der Waals surface area contributed by atoms with Crippen molar-refractivity contribution < 1.29 is 4.79 Å². The van der Waals surface area contributed by atoms with Gasteiger partial charge in [-0.2, -0.15) is 0 Å². The summed E-state index contributed by atoms with van der Waals surface area (Å²) in [6.07, 6.45) is 3.11. The Morgan fingerprint density at radius 3 is 3.00 bits per heavy atom. The second kappa shape index (κ2) is 6.02. The SMILES string of the molecule is O=C1CCN(c2ccc(Cl)cc2CNC2CC2)CCN1. The highest BCUT2D eigenvalue weighted by Crippen LogP contribution is 2.27. The van der Waals surface area contributed by atoms with Gasteiger partial charge in [-0.15, -0.1) is 0 Å². The lowest BCUT2D eigenvalue weighted by atomic mass is 10.1. The van der Waals surface area contributed by atoms with Crippen molar-refractivity contribution in [1.82, 2.24) is 10.6 Å². The van der Waals surface area contributed by atoms with E-state index in [9.17, 15) is 4.79 Å². The molecule has 1 aliphatic carbocycles. The molecule has 108 valence electrons. The van der Waals surface area contributed by atoms with Crippen molar-refractivity contribution in [2.45, 2.75) is 31.8 Å². The van der Waals surface area contributed by atoms with E-state index in [0.29, 0.717) is 19.0 Å². The van der Waals surface area contributed by atoms with E-state index in [4.69, 9.17) is 11.6 Å². The molecule has 1 aromatic rings. The van der Waals surface area contributed by atoms with Gasteiger partial charge in [0, 0.05) is 49.4 Å². The molecule has 0 bridgehead atoms. The van der Waals surface area contributed by atoms with Gasteiger partial charge in [-0.1, -0.05) is 11.6 Å². The predicted molar refractivity (Wildman–Crippen MR) is 81.2 cm³/mol. The predicted octanol–water partition coefficient (Wildman–Crippen LogP) is 1.92. The van der Waals surface area contributed by atoms with Gasteiger partial charge in [0.05, 0.1) is 0 Å². The van der Waals surface area contributed by atoms with Crippen LogP contribution in [0.2, 0.25) is 5.02 Å². The van der Waals surface area contributed by atoms with Crippen LogP contribution in [0.25, 0.3) is 0 Å². The van der Waals surface area contributed by atoms with Crippen LogP contribution in [0.3, 0.4) is 0 Å². The lowest BCUT2D eigenvalue weighted by Crippen LogP contribution is -2.29. The van der Waals surface area contributed by atoms with Crippen LogP contribution in [-0.4, -0.2) is 31.6 Å². The third-order valence-electron chi connectivity index (χ3n) is 3.85. The van der Waals surface area contributed by atoms with Crippen LogP contribution in [0.4, 0.5) is 5.69 Å². The Morgan fingerprint density at radius 2 is 2.20 bits per heavy atom. The van der Waals surface area contributed by atoms with Crippen molar-refractivity contribution in [3.63, 3.8) is 0 Å². The fourth-order valence-corrected chi connectivity index (χ4v) is 2.75. The van der Waals surface area contributed by atoms with Gasteiger partial charge in [0.25, 0.3) is 0 Å². The van der Waals surface area contributed by atoms with Crippen molar-refractivity contribution in [2.24, 2.45) is 0 Å². The minimum atomic E-state index is 0.138. The molecule has 1 saturated heterocycles. The molecule has 4 nitrogen and oxygen atoms in total. The Hall–Kier alpha value is -1.26. The van der Waals surface area contributed by atoms with Gasteiger partial charge < -0.3 is 15.5 Å². The summed E-state index contributed by atoms with van der Waals surface area (Å²) in [5.74, 6) is 0.138. The van der Waals surface area contributed by atoms with Gasteiger partial charge in [-0.25, -0.2) is 0 Å². The molecular weight excluding hydrogens is 274 g/mol. The summed E-state index contributed by atoms with van der Waals surface area (Å²) in [7, 11) is 0. The maximum atomic E-state index is 11.5. The third kappa shape index (κ3) is 3.44. The van der Waals surface area contributed by atoms with Crippen LogP contribution in [0.15, 0.2) is 18.2 Å². The Kier molecular flexibility index (Phi) is 4.13. The molecule has 1 saturated carbocycles. The standard InChI is InChI=1S/C15H20ClN3O/c16-12-1-4-14(11(9-12)10-18-13-2-3-13)19-7-5-15(20)17-6-8-19/h1,4,9,13,18H,2-3,5-8,10H2,(H,17,20). The Balaban J connectivity index is 1.77. The molecule has 1 aromatic carbocycles. The zero-order chi connectivity index (χ0) is 13.9. The molecule has 0 radical (unpaired) electrons. The molecule has 1 amide bonds. The molecule has 3 rings (SSSR count). The van der Waals surface area contributed by atoms with Crippen molar-refractivity contribution >= 4 is 23.2 Å². The molecule has 2 N–H and O–H groups in total. The average Bonchev–Trinajstić information content (AvgIpc) is 3.25. The first kappa shape index (κ1) is 13.7. The summed E-state index contributed by atoms with van der Waals surface area (Å²) in [5, 5.41) is 7.22. The molecule has 5 heteroatoms. The molecule has 20 heavy (non-hydrogen) atoms. The van der Waals surface area contributed by atoms with Gasteiger partial charge in [0.15, 0.2) is 0 Å². The van der Waals surface area contributed by atoms with E-state index in [1.807, 2.05) is 12.1 Å². The van der Waals surface area contributed by atoms with Crippen molar-refractivity contribution in [2.75, 3.05) is 24.5 Å². The van der Waals surface area contributed by atoms with Gasteiger partial charge in [-0.3, -0.25) is 4.79 Å². The van der Waals surface area contributed by atoms with Gasteiger partial charge in [0.1, 0.15) is 0 Å². The summed E-state index contributed by atoms with van der Waals surface area (Å²) in [6.45, 7) is 3.17. The number of anilines is 1. The Bertz CT molecular complexity index is 502. The van der Waals surface area contributed by atoms with E-state index in [0.717, 1.165) is 24.7 Å².